The lowest BCUT2D eigenvalue weighted by molar-refractivity contribution is -0.123. The summed E-state index contributed by atoms with van der Waals surface area (Å²) in [6.07, 6.45) is 8.42. The highest BCUT2D eigenvalue weighted by molar-refractivity contribution is 5.78. The van der Waals surface area contributed by atoms with Crippen LogP contribution in [0.1, 0.15) is 58.3 Å². The molecule has 0 heterocycles. The first-order chi connectivity index (χ1) is 7.02. The van der Waals surface area contributed by atoms with Crippen molar-refractivity contribution in [1.82, 2.24) is 5.32 Å². The zero-order valence-electron chi connectivity index (χ0n) is 9.64. The predicted octanol–water partition coefficient (Wildman–Crippen LogP) is 1.71. The van der Waals surface area contributed by atoms with Crippen molar-refractivity contribution in [2.45, 2.75) is 69.4 Å². The van der Waals surface area contributed by atoms with Crippen LogP contribution in [-0.4, -0.2) is 17.0 Å². The summed E-state index contributed by atoms with van der Waals surface area (Å²) in [5.41, 5.74) is 6.12. The Kier molecular flexibility index (Phi) is 2.75. The van der Waals surface area contributed by atoms with E-state index in [1.807, 2.05) is 0 Å². The van der Waals surface area contributed by atoms with Gasteiger partial charge in [0, 0.05) is 17.5 Å². The molecule has 0 aromatic heterocycles. The molecular formula is C12H22N2O. The summed E-state index contributed by atoms with van der Waals surface area (Å²) in [4.78, 5) is 11.8. The van der Waals surface area contributed by atoms with Gasteiger partial charge in [0.25, 0.3) is 0 Å². The number of nitrogens with one attached hydrogen (secondary N) is 1. The van der Waals surface area contributed by atoms with Gasteiger partial charge in [-0.25, -0.2) is 0 Å². The first-order valence-corrected chi connectivity index (χ1v) is 6.11. The third kappa shape index (κ3) is 2.94. The van der Waals surface area contributed by atoms with Crippen molar-refractivity contribution in [2.75, 3.05) is 0 Å². The number of carbonyl (C=O) groups excluding carboxylic acids is 1. The van der Waals surface area contributed by atoms with Crippen LogP contribution in [0.2, 0.25) is 0 Å². The van der Waals surface area contributed by atoms with Crippen LogP contribution in [-0.2, 0) is 4.79 Å². The molecule has 2 aliphatic carbocycles. The van der Waals surface area contributed by atoms with Gasteiger partial charge >= 0.3 is 0 Å². The maximum Gasteiger partial charge on any atom is 0.222 e. The molecule has 15 heavy (non-hydrogen) atoms. The van der Waals surface area contributed by atoms with Crippen LogP contribution in [0.4, 0.5) is 0 Å². The molecular weight excluding hydrogens is 188 g/mol. The Morgan fingerprint density at radius 1 is 1.20 bits per heavy atom. The van der Waals surface area contributed by atoms with E-state index in [-0.39, 0.29) is 17.0 Å². The maximum absolute atomic E-state index is 11.8. The summed E-state index contributed by atoms with van der Waals surface area (Å²) >= 11 is 0. The molecule has 86 valence electrons. The summed E-state index contributed by atoms with van der Waals surface area (Å²) in [5, 5.41) is 3.08. The monoisotopic (exact) mass is 210 g/mol. The Bertz CT molecular complexity index is 252. The third-order valence-electron chi connectivity index (χ3n) is 3.80. The molecule has 3 N–H and O–H groups in total. The van der Waals surface area contributed by atoms with Crippen LogP contribution in [0.5, 0.6) is 0 Å². The fraction of sp³-hybridized carbons (Fsp3) is 0.917. The Hall–Kier alpha value is -0.570. The number of hydrogen-bond acceptors (Lipinski definition) is 2. The van der Waals surface area contributed by atoms with Gasteiger partial charge in [0.1, 0.15) is 0 Å². The predicted molar refractivity (Wildman–Crippen MR) is 60.4 cm³/mol. The van der Waals surface area contributed by atoms with E-state index in [1.54, 1.807) is 0 Å². The molecule has 2 rings (SSSR count). The van der Waals surface area contributed by atoms with Crippen LogP contribution in [0.3, 0.4) is 0 Å². The molecule has 0 aliphatic heterocycles. The number of amides is 1. The van der Waals surface area contributed by atoms with Crippen molar-refractivity contribution >= 4 is 5.91 Å². The van der Waals surface area contributed by atoms with E-state index in [9.17, 15) is 4.79 Å². The van der Waals surface area contributed by atoms with E-state index in [1.165, 1.54) is 19.3 Å². The van der Waals surface area contributed by atoms with Gasteiger partial charge in [-0.2, -0.15) is 0 Å². The van der Waals surface area contributed by atoms with Crippen LogP contribution in [0, 0.1) is 0 Å². The summed E-state index contributed by atoms with van der Waals surface area (Å²) in [6, 6.07) is 0. The van der Waals surface area contributed by atoms with Gasteiger partial charge in [-0.1, -0.05) is 19.3 Å². The highest BCUT2D eigenvalue weighted by Crippen LogP contribution is 2.35. The number of nitrogens with two attached hydrogens (primary N) is 1. The highest BCUT2D eigenvalue weighted by Gasteiger charge is 2.40. The minimum Gasteiger partial charge on any atom is -0.351 e. The van der Waals surface area contributed by atoms with E-state index >= 15 is 0 Å². The second-order valence-corrected chi connectivity index (χ2v) is 5.71. The molecule has 0 unspecified atom stereocenters. The van der Waals surface area contributed by atoms with Gasteiger partial charge in [-0.3, -0.25) is 4.79 Å². The van der Waals surface area contributed by atoms with Crippen molar-refractivity contribution in [3.8, 4) is 0 Å². The first kappa shape index (κ1) is 10.9. The van der Waals surface area contributed by atoms with Gasteiger partial charge in [0.05, 0.1) is 0 Å². The molecule has 0 aromatic rings. The van der Waals surface area contributed by atoms with Crippen LogP contribution < -0.4 is 11.1 Å². The number of carbonyl (C=O) groups is 1. The lowest BCUT2D eigenvalue weighted by Crippen LogP contribution is -2.47. The standard InChI is InChI=1S/C12H22N2O/c1-11(7-8-11)14-10(15)9-12(13)5-3-2-4-6-12/h2-9,13H2,1H3,(H,14,15). The van der Waals surface area contributed by atoms with Crippen LogP contribution >= 0.6 is 0 Å². The van der Waals surface area contributed by atoms with Crippen molar-refractivity contribution in [3.05, 3.63) is 0 Å². The second-order valence-electron chi connectivity index (χ2n) is 5.71. The summed E-state index contributed by atoms with van der Waals surface area (Å²) in [5.74, 6) is 0.152. The Labute approximate surface area is 91.8 Å². The average molecular weight is 210 g/mol. The quantitative estimate of drug-likeness (QED) is 0.745. The smallest absolute Gasteiger partial charge is 0.222 e. The molecule has 0 bridgehead atoms. The van der Waals surface area contributed by atoms with Crippen LogP contribution in [0.15, 0.2) is 0 Å². The lowest BCUT2D eigenvalue weighted by Gasteiger charge is -2.33. The molecule has 0 aromatic carbocycles. The molecule has 2 fully saturated rings. The molecule has 1 amide bonds. The van der Waals surface area contributed by atoms with Crippen LogP contribution in [0.25, 0.3) is 0 Å². The Morgan fingerprint density at radius 3 is 2.33 bits per heavy atom. The Morgan fingerprint density at radius 2 is 1.80 bits per heavy atom. The molecule has 0 spiro atoms. The van der Waals surface area contributed by atoms with E-state index in [0.717, 1.165) is 25.7 Å². The molecule has 0 atom stereocenters. The number of rotatable bonds is 3. The second kappa shape index (κ2) is 3.78. The van der Waals surface area contributed by atoms with E-state index in [2.05, 4.69) is 12.2 Å². The average Bonchev–Trinajstić information content (AvgIpc) is 2.82. The van der Waals surface area contributed by atoms with Gasteiger partial charge in [0.2, 0.25) is 5.91 Å². The fourth-order valence-electron chi connectivity index (χ4n) is 2.45. The molecule has 3 nitrogen and oxygen atoms in total. The van der Waals surface area contributed by atoms with E-state index in [0.29, 0.717) is 6.42 Å². The molecule has 3 heteroatoms. The van der Waals surface area contributed by atoms with Gasteiger partial charge in [-0.05, 0) is 32.6 Å². The minimum absolute atomic E-state index is 0.0993. The summed E-state index contributed by atoms with van der Waals surface area (Å²) in [7, 11) is 0. The molecule has 2 aliphatic rings. The van der Waals surface area contributed by atoms with Crippen molar-refractivity contribution in [1.29, 1.82) is 0 Å². The summed E-state index contributed by atoms with van der Waals surface area (Å²) < 4.78 is 0. The zero-order chi connectivity index (χ0) is 10.9. The fourth-order valence-corrected chi connectivity index (χ4v) is 2.45. The third-order valence-corrected chi connectivity index (χ3v) is 3.80. The van der Waals surface area contributed by atoms with Gasteiger partial charge in [0.15, 0.2) is 0 Å². The molecule has 2 saturated carbocycles. The normalized spacial score (nSPS) is 27.1. The molecule has 0 radical (unpaired) electrons. The van der Waals surface area contributed by atoms with E-state index in [4.69, 9.17) is 5.73 Å². The summed E-state index contributed by atoms with van der Waals surface area (Å²) in [6.45, 7) is 2.11. The SMILES string of the molecule is CC1(NC(=O)CC2(N)CCCCC2)CC1. The largest absolute Gasteiger partial charge is 0.351 e. The van der Waals surface area contributed by atoms with Crippen molar-refractivity contribution < 1.29 is 4.79 Å². The molecule has 0 saturated heterocycles. The zero-order valence-corrected chi connectivity index (χ0v) is 9.64. The van der Waals surface area contributed by atoms with Gasteiger partial charge < -0.3 is 11.1 Å². The van der Waals surface area contributed by atoms with E-state index < -0.39 is 0 Å². The highest BCUT2D eigenvalue weighted by atomic mass is 16.1. The number of hydrogen-bond donors (Lipinski definition) is 2. The lowest BCUT2D eigenvalue weighted by atomic mass is 9.80. The first-order valence-electron chi connectivity index (χ1n) is 6.11. The van der Waals surface area contributed by atoms with Crippen molar-refractivity contribution in [3.63, 3.8) is 0 Å². The van der Waals surface area contributed by atoms with Crippen molar-refractivity contribution in [2.24, 2.45) is 5.73 Å². The van der Waals surface area contributed by atoms with Gasteiger partial charge in [-0.15, -0.1) is 0 Å². The topological polar surface area (TPSA) is 55.1 Å². The minimum atomic E-state index is -0.215. The maximum atomic E-state index is 11.8. The Balaban J connectivity index is 1.81.